The highest BCUT2D eigenvalue weighted by atomic mass is 19.1. The van der Waals surface area contributed by atoms with Gasteiger partial charge in [0.05, 0.1) is 12.7 Å². The van der Waals surface area contributed by atoms with Gasteiger partial charge < -0.3 is 19.5 Å². The van der Waals surface area contributed by atoms with Gasteiger partial charge in [-0.1, -0.05) is 12.1 Å². The third kappa shape index (κ3) is 4.81. The van der Waals surface area contributed by atoms with Crippen LogP contribution >= 0.6 is 0 Å². The number of aromatic amines is 1. The van der Waals surface area contributed by atoms with Gasteiger partial charge in [-0.3, -0.25) is 19.3 Å². The second-order valence-corrected chi connectivity index (χ2v) is 9.38. The van der Waals surface area contributed by atoms with Crippen LogP contribution in [0, 0.1) is 5.82 Å². The number of halogens is 1. The summed E-state index contributed by atoms with van der Waals surface area (Å²) in [5.41, 5.74) is 1.73. The molecule has 0 radical (unpaired) electrons. The number of carbonyl (C=O) groups excluding carboxylic acids is 3. The van der Waals surface area contributed by atoms with E-state index in [2.05, 4.69) is 14.9 Å². The molecule has 9 nitrogen and oxygen atoms in total. The summed E-state index contributed by atoms with van der Waals surface area (Å²) in [6.07, 6.45) is 1.42. The van der Waals surface area contributed by atoms with Crippen LogP contribution in [-0.4, -0.2) is 88.6 Å². The van der Waals surface area contributed by atoms with Gasteiger partial charge in [0.25, 0.3) is 17.6 Å². The molecule has 2 atom stereocenters. The van der Waals surface area contributed by atoms with E-state index in [1.54, 1.807) is 23.1 Å². The van der Waals surface area contributed by atoms with E-state index in [1.807, 2.05) is 13.8 Å². The molecule has 1 saturated heterocycles. The minimum atomic E-state index is -0.687. The van der Waals surface area contributed by atoms with Crippen molar-refractivity contribution < 1.29 is 23.5 Å². The van der Waals surface area contributed by atoms with Crippen molar-refractivity contribution in [3.63, 3.8) is 0 Å². The average Bonchev–Trinajstić information content (AvgIpc) is 3.28. The molecule has 0 unspecified atom stereocenters. The predicted octanol–water partition coefficient (Wildman–Crippen LogP) is 2.72. The zero-order valence-electron chi connectivity index (χ0n) is 21.0. The SMILES string of the molecule is COc1nc2[nH]cc(C(=O)C(=O)N(C)C)c2cc1C(=O)N1C[C@H](C)N(Cc2ccc(F)cc2)C[C@H]1C. The molecule has 3 aromatic rings. The van der Waals surface area contributed by atoms with Crippen LogP contribution in [0.3, 0.4) is 0 Å². The number of Topliss-reactive ketones (excluding diaryl/α,β-unsaturated/α-hetero) is 1. The number of nitrogens with one attached hydrogen (secondary N) is 1. The molecule has 0 bridgehead atoms. The van der Waals surface area contributed by atoms with Gasteiger partial charge in [0, 0.05) is 57.4 Å². The summed E-state index contributed by atoms with van der Waals surface area (Å²) in [6, 6.07) is 7.95. The van der Waals surface area contributed by atoms with Gasteiger partial charge in [-0.25, -0.2) is 4.39 Å². The Morgan fingerprint density at radius 1 is 1.11 bits per heavy atom. The van der Waals surface area contributed by atoms with E-state index in [1.165, 1.54) is 44.4 Å². The number of pyridine rings is 1. The van der Waals surface area contributed by atoms with Gasteiger partial charge in [-0.2, -0.15) is 4.98 Å². The van der Waals surface area contributed by atoms with Crippen molar-refractivity contribution in [2.75, 3.05) is 34.3 Å². The Labute approximate surface area is 208 Å². The van der Waals surface area contributed by atoms with E-state index in [4.69, 9.17) is 4.74 Å². The van der Waals surface area contributed by atoms with Crippen LogP contribution in [-0.2, 0) is 11.3 Å². The molecule has 0 saturated carbocycles. The second kappa shape index (κ2) is 10.1. The number of hydrogen-bond acceptors (Lipinski definition) is 6. The monoisotopic (exact) mass is 495 g/mol. The van der Waals surface area contributed by atoms with E-state index in [0.717, 1.165) is 5.56 Å². The zero-order chi connectivity index (χ0) is 26.1. The maximum Gasteiger partial charge on any atom is 0.294 e. The second-order valence-electron chi connectivity index (χ2n) is 9.38. The number of methoxy groups -OCH3 is 1. The van der Waals surface area contributed by atoms with E-state index in [0.29, 0.717) is 30.7 Å². The van der Waals surface area contributed by atoms with Crippen molar-refractivity contribution in [3.8, 4) is 5.88 Å². The van der Waals surface area contributed by atoms with Gasteiger partial charge in [0.15, 0.2) is 0 Å². The minimum absolute atomic E-state index is 0.0556. The standard InChI is InChI=1S/C26H30FN5O4/c1-15-13-32(16(2)12-31(15)14-17-6-8-18(27)9-7-17)25(34)20-10-19-21(22(33)26(35)30(3)4)11-28-23(19)29-24(20)36-5/h6-11,15-16H,12-14H2,1-5H3,(H,28,29)/t15-,16+/m0/s1. The lowest BCUT2D eigenvalue weighted by Crippen LogP contribution is -2.57. The van der Waals surface area contributed by atoms with Crippen LogP contribution in [0.25, 0.3) is 11.0 Å². The summed E-state index contributed by atoms with van der Waals surface area (Å²) in [6.45, 7) is 5.78. The number of ether oxygens (including phenoxy) is 1. The molecule has 1 aliphatic heterocycles. The fraction of sp³-hybridized carbons (Fsp3) is 0.385. The quantitative estimate of drug-likeness (QED) is 0.417. The number of benzene rings is 1. The first-order valence-electron chi connectivity index (χ1n) is 11.7. The van der Waals surface area contributed by atoms with Crippen LogP contribution in [0.5, 0.6) is 5.88 Å². The minimum Gasteiger partial charge on any atom is -0.480 e. The molecule has 1 fully saturated rings. The van der Waals surface area contributed by atoms with E-state index >= 15 is 0 Å². The number of rotatable bonds is 6. The first-order valence-corrected chi connectivity index (χ1v) is 11.7. The Kier molecular flexibility index (Phi) is 7.07. The number of H-pyrrole nitrogens is 1. The smallest absolute Gasteiger partial charge is 0.294 e. The van der Waals surface area contributed by atoms with Crippen LogP contribution in [0.15, 0.2) is 36.5 Å². The number of hydrogen-bond donors (Lipinski definition) is 1. The number of amides is 2. The Balaban J connectivity index is 1.60. The number of aromatic nitrogens is 2. The number of nitrogens with zero attached hydrogens (tertiary/aromatic N) is 4. The lowest BCUT2D eigenvalue weighted by atomic mass is 10.0. The molecule has 1 aromatic carbocycles. The average molecular weight is 496 g/mol. The molecule has 0 aliphatic carbocycles. The highest BCUT2D eigenvalue weighted by Gasteiger charge is 2.34. The van der Waals surface area contributed by atoms with E-state index < -0.39 is 11.7 Å². The Morgan fingerprint density at radius 2 is 1.81 bits per heavy atom. The zero-order valence-corrected chi connectivity index (χ0v) is 21.0. The van der Waals surface area contributed by atoms with Crippen molar-refractivity contribution in [1.82, 2.24) is 24.7 Å². The van der Waals surface area contributed by atoms with Gasteiger partial charge in [0.1, 0.15) is 17.0 Å². The van der Waals surface area contributed by atoms with Gasteiger partial charge >= 0.3 is 0 Å². The Morgan fingerprint density at radius 3 is 2.44 bits per heavy atom. The first-order chi connectivity index (χ1) is 17.1. The maximum absolute atomic E-state index is 13.7. The fourth-order valence-electron chi connectivity index (χ4n) is 4.53. The summed E-state index contributed by atoms with van der Waals surface area (Å²) in [7, 11) is 4.44. The van der Waals surface area contributed by atoms with Crippen molar-refractivity contribution in [3.05, 3.63) is 59.0 Å². The molecule has 4 rings (SSSR count). The summed E-state index contributed by atoms with van der Waals surface area (Å²) < 4.78 is 18.7. The van der Waals surface area contributed by atoms with Gasteiger partial charge in [-0.15, -0.1) is 0 Å². The molecule has 190 valence electrons. The van der Waals surface area contributed by atoms with Crippen molar-refractivity contribution in [2.45, 2.75) is 32.5 Å². The Bertz CT molecular complexity index is 1300. The van der Waals surface area contributed by atoms with Crippen LogP contribution in [0.1, 0.15) is 40.1 Å². The highest BCUT2D eigenvalue weighted by Crippen LogP contribution is 2.28. The number of carbonyl (C=O) groups is 3. The molecule has 10 heteroatoms. The molecule has 1 aliphatic rings. The van der Waals surface area contributed by atoms with Gasteiger partial charge in [-0.05, 0) is 37.6 Å². The van der Waals surface area contributed by atoms with Crippen molar-refractivity contribution in [1.29, 1.82) is 0 Å². The topological polar surface area (TPSA) is 98.8 Å². The molecule has 1 N–H and O–H groups in total. The summed E-state index contributed by atoms with van der Waals surface area (Å²) >= 11 is 0. The van der Waals surface area contributed by atoms with Crippen molar-refractivity contribution in [2.24, 2.45) is 0 Å². The fourth-order valence-corrected chi connectivity index (χ4v) is 4.53. The number of fused-ring (bicyclic) bond motifs is 1. The number of ketones is 1. The maximum atomic E-state index is 13.7. The molecule has 2 amide bonds. The third-order valence-electron chi connectivity index (χ3n) is 6.57. The molecule has 2 aromatic heterocycles. The third-order valence-corrected chi connectivity index (χ3v) is 6.57. The Hall–Kier alpha value is -3.79. The molecule has 0 spiro atoms. The first kappa shape index (κ1) is 25.3. The van der Waals surface area contributed by atoms with Gasteiger partial charge in [0.2, 0.25) is 5.88 Å². The van der Waals surface area contributed by atoms with Crippen molar-refractivity contribution >= 4 is 28.6 Å². The summed E-state index contributed by atoms with van der Waals surface area (Å²) in [5.74, 6) is -1.75. The van der Waals surface area contributed by atoms with E-state index in [9.17, 15) is 18.8 Å². The highest BCUT2D eigenvalue weighted by molar-refractivity contribution is 6.44. The summed E-state index contributed by atoms with van der Waals surface area (Å²) in [5, 5.41) is 0.384. The molecule has 3 heterocycles. The van der Waals surface area contributed by atoms with Crippen LogP contribution in [0.2, 0.25) is 0 Å². The molecular formula is C26H30FN5O4. The predicted molar refractivity (Wildman–Crippen MR) is 132 cm³/mol. The largest absolute Gasteiger partial charge is 0.480 e. The molecular weight excluding hydrogens is 465 g/mol. The summed E-state index contributed by atoms with van der Waals surface area (Å²) in [4.78, 5) is 51.2. The molecule has 36 heavy (non-hydrogen) atoms. The lowest BCUT2D eigenvalue weighted by Gasteiger charge is -2.44. The van der Waals surface area contributed by atoms with Crippen LogP contribution < -0.4 is 4.74 Å². The number of piperazine rings is 1. The van der Waals surface area contributed by atoms with E-state index in [-0.39, 0.29) is 40.8 Å². The normalized spacial score (nSPS) is 18.3. The van der Waals surface area contributed by atoms with Crippen LogP contribution in [0.4, 0.5) is 4.39 Å². The lowest BCUT2D eigenvalue weighted by molar-refractivity contribution is -0.124. The number of likely N-dealkylation sites (N-methyl/N-ethyl adjacent to an activating group) is 1.